The SMILES string of the molecule is CCOCCCNC(=O)C(C)C1CCN(C(=O)c2ccc3nc(-c4ccccc4)oc3c2)CC1. The summed E-state index contributed by atoms with van der Waals surface area (Å²) in [5.74, 6) is 0.843. The maximum atomic E-state index is 13.1. The van der Waals surface area contributed by atoms with E-state index in [1.807, 2.05) is 61.2 Å². The number of benzene rings is 2. The second-order valence-corrected chi connectivity index (χ2v) is 8.83. The van der Waals surface area contributed by atoms with Crippen LogP contribution in [0.4, 0.5) is 0 Å². The van der Waals surface area contributed by atoms with Crippen LogP contribution >= 0.6 is 0 Å². The van der Waals surface area contributed by atoms with E-state index in [2.05, 4.69) is 10.3 Å². The van der Waals surface area contributed by atoms with Crippen molar-refractivity contribution in [1.82, 2.24) is 15.2 Å². The fraction of sp³-hybridized carbons (Fsp3) is 0.444. The lowest BCUT2D eigenvalue weighted by molar-refractivity contribution is -0.126. The van der Waals surface area contributed by atoms with E-state index in [-0.39, 0.29) is 23.7 Å². The molecule has 7 heteroatoms. The summed E-state index contributed by atoms with van der Waals surface area (Å²) >= 11 is 0. The van der Waals surface area contributed by atoms with Crippen LogP contribution in [0.1, 0.15) is 43.5 Å². The number of oxazole rings is 1. The first-order valence-electron chi connectivity index (χ1n) is 12.2. The topological polar surface area (TPSA) is 84.7 Å². The molecule has 1 aliphatic rings. The third-order valence-electron chi connectivity index (χ3n) is 6.57. The van der Waals surface area contributed by atoms with Gasteiger partial charge in [0.15, 0.2) is 5.58 Å². The van der Waals surface area contributed by atoms with Crippen LogP contribution in [0.25, 0.3) is 22.6 Å². The van der Waals surface area contributed by atoms with Crippen molar-refractivity contribution < 1.29 is 18.7 Å². The van der Waals surface area contributed by atoms with Gasteiger partial charge in [-0.05, 0) is 62.4 Å². The quantitative estimate of drug-likeness (QED) is 0.472. The smallest absolute Gasteiger partial charge is 0.253 e. The lowest BCUT2D eigenvalue weighted by Crippen LogP contribution is -2.42. The molecule has 1 fully saturated rings. The lowest BCUT2D eigenvalue weighted by Gasteiger charge is -2.34. The van der Waals surface area contributed by atoms with Crippen molar-refractivity contribution in [3.63, 3.8) is 0 Å². The number of carbonyl (C=O) groups excluding carboxylic acids is 2. The first kappa shape index (κ1) is 24.0. The molecule has 180 valence electrons. The number of piperidine rings is 1. The minimum absolute atomic E-state index is 0.00830. The van der Waals surface area contributed by atoms with Crippen molar-refractivity contribution in [2.24, 2.45) is 11.8 Å². The Morgan fingerprint density at radius 3 is 2.68 bits per heavy atom. The third kappa shape index (κ3) is 5.65. The highest BCUT2D eigenvalue weighted by atomic mass is 16.5. The normalized spacial score (nSPS) is 15.4. The van der Waals surface area contributed by atoms with E-state index in [0.717, 1.165) is 30.3 Å². The summed E-state index contributed by atoms with van der Waals surface area (Å²) in [7, 11) is 0. The Hall–Kier alpha value is -3.19. The first-order chi connectivity index (χ1) is 16.6. The number of nitrogens with zero attached hydrogens (tertiary/aromatic N) is 2. The van der Waals surface area contributed by atoms with Crippen molar-refractivity contribution in [3.05, 3.63) is 54.1 Å². The van der Waals surface area contributed by atoms with E-state index in [0.29, 0.717) is 49.9 Å². The van der Waals surface area contributed by atoms with Gasteiger partial charge in [0.25, 0.3) is 5.91 Å². The number of likely N-dealkylation sites (tertiary alicyclic amines) is 1. The molecular formula is C27H33N3O4. The summed E-state index contributed by atoms with van der Waals surface area (Å²) in [6.07, 6.45) is 2.46. The molecule has 1 aliphatic heterocycles. The highest BCUT2D eigenvalue weighted by Crippen LogP contribution is 2.28. The molecule has 2 aromatic carbocycles. The number of rotatable bonds is 9. The fourth-order valence-corrected chi connectivity index (χ4v) is 4.45. The molecule has 3 aromatic rings. The van der Waals surface area contributed by atoms with E-state index in [1.165, 1.54) is 0 Å². The number of carbonyl (C=O) groups is 2. The highest BCUT2D eigenvalue weighted by molar-refractivity contribution is 5.97. The van der Waals surface area contributed by atoms with Crippen LogP contribution in [0, 0.1) is 11.8 Å². The van der Waals surface area contributed by atoms with E-state index >= 15 is 0 Å². The van der Waals surface area contributed by atoms with Gasteiger partial charge in [-0.25, -0.2) is 4.98 Å². The summed E-state index contributed by atoms with van der Waals surface area (Å²) in [6.45, 7) is 7.25. The number of ether oxygens (including phenoxy) is 1. The lowest BCUT2D eigenvalue weighted by atomic mass is 9.84. The molecule has 2 amide bonds. The number of fused-ring (bicyclic) bond motifs is 1. The molecule has 4 rings (SSSR count). The molecule has 0 radical (unpaired) electrons. The maximum Gasteiger partial charge on any atom is 0.253 e. The van der Waals surface area contributed by atoms with Crippen LogP contribution in [0.3, 0.4) is 0 Å². The summed E-state index contributed by atoms with van der Waals surface area (Å²) in [6, 6.07) is 15.2. The fourth-order valence-electron chi connectivity index (χ4n) is 4.45. The van der Waals surface area contributed by atoms with E-state index in [4.69, 9.17) is 9.15 Å². The van der Waals surface area contributed by atoms with E-state index < -0.39 is 0 Å². The Morgan fingerprint density at radius 2 is 1.94 bits per heavy atom. The largest absolute Gasteiger partial charge is 0.436 e. The average molecular weight is 464 g/mol. The van der Waals surface area contributed by atoms with Crippen LogP contribution in [-0.4, -0.2) is 54.5 Å². The molecule has 0 spiro atoms. The van der Waals surface area contributed by atoms with Crippen LogP contribution in [0.2, 0.25) is 0 Å². The molecular weight excluding hydrogens is 430 g/mol. The second kappa shape index (κ2) is 11.3. The molecule has 0 bridgehead atoms. The van der Waals surface area contributed by atoms with Gasteiger partial charge in [0.2, 0.25) is 11.8 Å². The Morgan fingerprint density at radius 1 is 1.18 bits per heavy atom. The summed E-state index contributed by atoms with van der Waals surface area (Å²) in [5, 5.41) is 3.01. The van der Waals surface area contributed by atoms with Crippen LogP contribution in [0.15, 0.2) is 52.9 Å². The number of hydrogen-bond acceptors (Lipinski definition) is 5. The van der Waals surface area contributed by atoms with Gasteiger partial charge < -0.3 is 19.4 Å². The molecule has 1 N–H and O–H groups in total. The van der Waals surface area contributed by atoms with Crippen LogP contribution < -0.4 is 5.32 Å². The molecule has 1 saturated heterocycles. The van der Waals surface area contributed by atoms with Gasteiger partial charge in [-0.1, -0.05) is 25.1 Å². The van der Waals surface area contributed by atoms with Crippen molar-refractivity contribution in [1.29, 1.82) is 0 Å². The minimum Gasteiger partial charge on any atom is -0.436 e. The molecule has 1 aromatic heterocycles. The van der Waals surface area contributed by atoms with Gasteiger partial charge in [-0.2, -0.15) is 0 Å². The number of nitrogens with one attached hydrogen (secondary N) is 1. The van der Waals surface area contributed by atoms with Crippen molar-refractivity contribution in [3.8, 4) is 11.5 Å². The molecule has 1 unspecified atom stereocenters. The van der Waals surface area contributed by atoms with Crippen LogP contribution in [0.5, 0.6) is 0 Å². The Bertz CT molecular complexity index is 1100. The number of amides is 2. The molecule has 34 heavy (non-hydrogen) atoms. The third-order valence-corrected chi connectivity index (χ3v) is 6.57. The zero-order chi connectivity index (χ0) is 23.9. The summed E-state index contributed by atoms with van der Waals surface area (Å²) in [5.41, 5.74) is 2.84. The predicted octanol–water partition coefficient (Wildman–Crippen LogP) is 4.53. The average Bonchev–Trinajstić information content (AvgIpc) is 3.32. The maximum absolute atomic E-state index is 13.1. The van der Waals surface area contributed by atoms with Gasteiger partial charge in [-0.3, -0.25) is 9.59 Å². The Kier molecular flexibility index (Phi) is 7.95. The van der Waals surface area contributed by atoms with Gasteiger partial charge in [0.1, 0.15) is 5.52 Å². The van der Waals surface area contributed by atoms with Crippen molar-refractivity contribution >= 4 is 22.9 Å². The second-order valence-electron chi connectivity index (χ2n) is 8.83. The summed E-state index contributed by atoms with van der Waals surface area (Å²) in [4.78, 5) is 32.0. The predicted molar refractivity (Wildman–Crippen MR) is 131 cm³/mol. The molecule has 7 nitrogen and oxygen atoms in total. The molecule has 0 saturated carbocycles. The van der Waals surface area contributed by atoms with Crippen molar-refractivity contribution in [2.75, 3.05) is 32.8 Å². The van der Waals surface area contributed by atoms with E-state index in [1.54, 1.807) is 6.07 Å². The van der Waals surface area contributed by atoms with E-state index in [9.17, 15) is 9.59 Å². The van der Waals surface area contributed by atoms with Crippen molar-refractivity contribution in [2.45, 2.75) is 33.1 Å². The number of aromatic nitrogens is 1. The Balaban J connectivity index is 1.32. The standard InChI is InChI=1S/C27H33N3O4/c1-3-33-17-7-14-28-25(31)19(2)20-12-15-30(16-13-20)27(32)22-10-11-23-24(18-22)34-26(29-23)21-8-5-4-6-9-21/h4-6,8-11,18-20H,3,7,12-17H2,1-2H3,(H,28,31). The Labute approximate surface area is 200 Å². The molecule has 2 heterocycles. The van der Waals surface area contributed by atoms with Gasteiger partial charge >= 0.3 is 0 Å². The zero-order valence-corrected chi connectivity index (χ0v) is 20.0. The highest BCUT2D eigenvalue weighted by Gasteiger charge is 2.30. The summed E-state index contributed by atoms with van der Waals surface area (Å²) < 4.78 is 11.2. The molecule has 0 aliphatic carbocycles. The van der Waals surface area contributed by atoms with Gasteiger partial charge in [0.05, 0.1) is 0 Å². The first-order valence-corrected chi connectivity index (χ1v) is 12.2. The molecule has 1 atom stereocenters. The zero-order valence-electron chi connectivity index (χ0n) is 20.0. The van der Waals surface area contributed by atoms with Gasteiger partial charge in [-0.15, -0.1) is 0 Å². The number of hydrogen-bond donors (Lipinski definition) is 1. The van der Waals surface area contributed by atoms with Crippen LogP contribution in [-0.2, 0) is 9.53 Å². The monoisotopic (exact) mass is 463 g/mol. The minimum atomic E-state index is -0.0636. The van der Waals surface area contributed by atoms with Gasteiger partial charge in [0, 0.05) is 49.9 Å².